The molecule has 0 aromatic rings. The molecule has 1 saturated heterocycles. The third kappa shape index (κ3) is 6.30. The molecule has 0 aromatic carbocycles. The van der Waals surface area contributed by atoms with Gasteiger partial charge in [-0.1, -0.05) is 18.3 Å². The number of carbonyl (C=O) groups is 2. The highest BCUT2D eigenvalue weighted by Crippen LogP contribution is 2.03. The lowest BCUT2D eigenvalue weighted by molar-refractivity contribution is -0.116. The summed E-state index contributed by atoms with van der Waals surface area (Å²) in [5.41, 5.74) is 0. The Bertz CT molecular complexity index is 279. The Kier molecular flexibility index (Phi) is 6.68. The third-order valence-corrected chi connectivity index (χ3v) is 2.73. The van der Waals surface area contributed by atoms with Crippen molar-refractivity contribution in [3.63, 3.8) is 0 Å². The number of thioether (sulfide) groups is 1. The molecule has 17 heavy (non-hydrogen) atoms. The predicted molar refractivity (Wildman–Crippen MR) is 64.8 cm³/mol. The van der Waals surface area contributed by atoms with Gasteiger partial charge in [-0.25, -0.2) is 0 Å². The Hall–Kier alpha value is -1.05. The van der Waals surface area contributed by atoms with Gasteiger partial charge < -0.3 is 20.1 Å². The molecule has 0 unspecified atom stereocenters. The van der Waals surface area contributed by atoms with E-state index in [0.717, 1.165) is 11.8 Å². The normalized spacial score (nSPS) is 16.2. The summed E-state index contributed by atoms with van der Waals surface area (Å²) in [6, 6.07) is -0.0912. The molecule has 96 valence electrons. The minimum absolute atomic E-state index is 0.0912. The molecule has 0 spiro atoms. The zero-order valence-electron chi connectivity index (χ0n) is 9.44. The molecule has 0 radical (unpaired) electrons. The van der Waals surface area contributed by atoms with Gasteiger partial charge in [-0.15, -0.1) is 0 Å². The maximum atomic E-state index is 11.4. The highest BCUT2D eigenvalue weighted by Gasteiger charge is 2.16. The van der Waals surface area contributed by atoms with E-state index in [9.17, 15) is 9.59 Å². The minimum Gasteiger partial charge on any atom is -0.353 e. The van der Waals surface area contributed by atoms with Crippen molar-refractivity contribution >= 4 is 22.9 Å². The molecule has 1 aliphatic rings. The number of hydrogen-bond acceptors (Lipinski definition) is 5. The first-order valence-electron chi connectivity index (χ1n) is 5.21. The average Bonchev–Trinajstić information content (AvgIpc) is 2.35. The number of ether oxygens (including phenoxy) is 2. The van der Waals surface area contributed by atoms with E-state index in [4.69, 9.17) is 9.47 Å². The van der Waals surface area contributed by atoms with Crippen LogP contribution in [0, 0.1) is 0 Å². The first-order chi connectivity index (χ1) is 8.22. The smallest absolute Gasteiger partial charge is 0.279 e. The van der Waals surface area contributed by atoms with Crippen molar-refractivity contribution in [1.29, 1.82) is 0 Å². The second kappa shape index (κ2) is 8.10. The summed E-state index contributed by atoms with van der Waals surface area (Å²) >= 11 is 1.11. The molecular weight excluding hydrogens is 244 g/mol. The molecule has 0 atom stereocenters. The zero-order valence-corrected chi connectivity index (χ0v) is 10.3. The van der Waals surface area contributed by atoms with Crippen molar-refractivity contribution in [3.05, 3.63) is 12.7 Å². The summed E-state index contributed by atoms with van der Waals surface area (Å²) in [4.78, 5) is 22.2. The monoisotopic (exact) mass is 260 g/mol. The van der Waals surface area contributed by atoms with Crippen LogP contribution in [-0.2, 0) is 14.3 Å². The van der Waals surface area contributed by atoms with Crippen LogP contribution in [0.25, 0.3) is 0 Å². The summed E-state index contributed by atoms with van der Waals surface area (Å²) < 4.78 is 10.1. The minimum atomic E-state index is -0.236. The molecule has 1 fully saturated rings. The number of nitrogens with one attached hydrogen (secondary N) is 2. The lowest BCUT2D eigenvalue weighted by Crippen LogP contribution is -2.43. The summed E-state index contributed by atoms with van der Waals surface area (Å²) in [6.07, 6.45) is 1.20. The summed E-state index contributed by atoms with van der Waals surface area (Å²) in [5, 5.41) is 5.20. The standard InChI is InChI=1S/C10H16N2O4S/c1-2-9(13)11-3-4-17-10(14)12-8-5-15-7-16-6-8/h2,8H,1,3-7H2,(H,11,13)(H,12,14). The van der Waals surface area contributed by atoms with E-state index in [-0.39, 0.29) is 24.0 Å². The lowest BCUT2D eigenvalue weighted by Gasteiger charge is -2.22. The van der Waals surface area contributed by atoms with Gasteiger partial charge in [-0.2, -0.15) is 0 Å². The Morgan fingerprint density at radius 2 is 2.12 bits per heavy atom. The summed E-state index contributed by atoms with van der Waals surface area (Å²) in [7, 11) is 0. The molecule has 1 aliphatic heterocycles. The summed E-state index contributed by atoms with van der Waals surface area (Å²) in [6.45, 7) is 4.99. The molecule has 1 heterocycles. The molecule has 2 N–H and O–H groups in total. The van der Waals surface area contributed by atoms with E-state index in [1.165, 1.54) is 6.08 Å². The first-order valence-corrected chi connectivity index (χ1v) is 6.20. The van der Waals surface area contributed by atoms with Gasteiger partial charge in [0.15, 0.2) is 0 Å². The van der Waals surface area contributed by atoms with Crippen molar-refractivity contribution in [1.82, 2.24) is 10.6 Å². The molecule has 7 heteroatoms. The third-order valence-electron chi connectivity index (χ3n) is 1.95. The number of carbonyl (C=O) groups excluding carboxylic acids is 2. The predicted octanol–water partition coefficient (Wildman–Crippen LogP) is 0.104. The molecule has 0 aliphatic carbocycles. The van der Waals surface area contributed by atoms with Crippen LogP contribution < -0.4 is 10.6 Å². The van der Waals surface area contributed by atoms with Gasteiger partial charge in [-0.3, -0.25) is 9.59 Å². The molecule has 0 aromatic heterocycles. The lowest BCUT2D eigenvalue weighted by atomic mass is 10.3. The van der Waals surface area contributed by atoms with Crippen LogP contribution in [0.4, 0.5) is 4.79 Å². The number of rotatable bonds is 5. The Labute approximate surface area is 104 Å². The van der Waals surface area contributed by atoms with Crippen molar-refractivity contribution in [2.24, 2.45) is 0 Å². The fourth-order valence-corrected chi connectivity index (χ4v) is 1.81. The molecule has 1 rings (SSSR count). The second-order valence-electron chi connectivity index (χ2n) is 3.33. The average molecular weight is 260 g/mol. The molecule has 0 saturated carbocycles. The quantitative estimate of drug-likeness (QED) is 0.542. The van der Waals surface area contributed by atoms with Crippen LogP contribution in [0.3, 0.4) is 0 Å². The fraction of sp³-hybridized carbons (Fsp3) is 0.600. The number of amides is 2. The van der Waals surface area contributed by atoms with Crippen LogP contribution in [0.5, 0.6) is 0 Å². The molecule has 6 nitrogen and oxygen atoms in total. The van der Waals surface area contributed by atoms with E-state index < -0.39 is 0 Å². The van der Waals surface area contributed by atoms with E-state index in [0.29, 0.717) is 25.5 Å². The van der Waals surface area contributed by atoms with Gasteiger partial charge in [0.25, 0.3) is 5.24 Å². The largest absolute Gasteiger partial charge is 0.353 e. The van der Waals surface area contributed by atoms with Gasteiger partial charge in [0.1, 0.15) is 6.79 Å². The van der Waals surface area contributed by atoms with E-state index in [1.807, 2.05) is 0 Å². The van der Waals surface area contributed by atoms with Crippen LogP contribution in [-0.4, -0.2) is 49.5 Å². The summed E-state index contributed by atoms with van der Waals surface area (Å²) in [5.74, 6) is 0.278. The van der Waals surface area contributed by atoms with Crippen molar-refractivity contribution in [3.8, 4) is 0 Å². The maximum absolute atomic E-state index is 11.4. The van der Waals surface area contributed by atoms with Crippen LogP contribution >= 0.6 is 11.8 Å². The van der Waals surface area contributed by atoms with Crippen molar-refractivity contribution in [2.45, 2.75) is 6.04 Å². The van der Waals surface area contributed by atoms with Gasteiger partial charge in [0.2, 0.25) is 5.91 Å². The zero-order chi connectivity index (χ0) is 12.5. The molecule has 2 amide bonds. The van der Waals surface area contributed by atoms with E-state index in [1.54, 1.807) is 0 Å². The van der Waals surface area contributed by atoms with Gasteiger partial charge in [0.05, 0.1) is 19.3 Å². The van der Waals surface area contributed by atoms with Crippen LogP contribution in [0.1, 0.15) is 0 Å². The van der Waals surface area contributed by atoms with Crippen molar-refractivity contribution in [2.75, 3.05) is 32.3 Å². The van der Waals surface area contributed by atoms with Crippen LogP contribution in [0.2, 0.25) is 0 Å². The second-order valence-corrected chi connectivity index (χ2v) is 4.40. The van der Waals surface area contributed by atoms with E-state index >= 15 is 0 Å². The van der Waals surface area contributed by atoms with Gasteiger partial charge in [0, 0.05) is 12.3 Å². The number of hydrogen-bond donors (Lipinski definition) is 2. The fourth-order valence-electron chi connectivity index (χ4n) is 1.17. The topological polar surface area (TPSA) is 76.7 Å². The maximum Gasteiger partial charge on any atom is 0.279 e. The van der Waals surface area contributed by atoms with Crippen LogP contribution in [0.15, 0.2) is 12.7 Å². The Morgan fingerprint density at radius 1 is 1.41 bits per heavy atom. The Balaban J connectivity index is 2.04. The van der Waals surface area contributed by atoms with Crippen molar-refractivity contribution < 1.29 is 19.1 Å². The van der Waals surface area contributed by atoms with E-state index in [2.05, 4.69) is 17.2 Å². The van der Waals surface area contributed by atoms with Gasteiger partial charge >= 0.3 is 0 Å². The SMILES string of the molecule is C=CC(=O)NCCSC(=O)NC1COCOC1. The molecule has 0 bridgehead atoms. The first kappa shape index (κ1) is 14.0. The highest BCUT2D eigenvalue weighted by molar-refractivity contribution is 8.13. The Morgan fingerprint density at radius 3 is 2.76 bits per heavy atom. The van der Waals surface area contributed by atoms with Gasteiger partial charge in [-0.05, 0) is 6.08 Å². The highest BCUT2D eigenvalue weighted by atomic mass is 32.2. The molecular formula is C10H16N2O4S.